The van der Waals surface area contributed by atoms with Crippen molar-refractivity contribution in [3.63, 3.8) is 0 Å². The largest absolute Gasteiger partial charge is 0.363 e. The number of thiazole rings is 1. The zero-order valence-electron chi connectivity index (χ0n) is 10.9. The van der Waals surface area contributed by atoms with Gasteiger partial charge in [0.05, 0.1) is 5.01 Å². The zero-order chi connectivity index (χ0) is 13.1. The summed E-state index contributed by atoms with van der Waals surface area (Å²) in [5, 5.41) is 16.2. The van der Waals surface area contributed by atoms with Gasteiger partial charge < -0.3 is 10.2 Å². The van der Waals surface area contributed by atoms with Gasteiger partial charge in [-0.3, -0.25) is 0 Å². The van der Waals surface area contributed by atoms with E-state index < -0.39 is 0 Å². The van der Waals surface area contributed by atoms with Crippen LogP contribution in [0.25, 0.3) is 10.7 Å². The Hall–Kier alpha value is -1.05. The summed E-state index contributed by atoms with van der Waals surface area (Å²) in [5.41, 5.74) is 0.959. The molecule has 102 valence electrons. The average Bonchev–Trinajstić information content (AvgIpc) is 3.16. The van der Waals surface area contributed by atoms with Crippen LogP contribution in [0.2, 0.25) is 0 Å². The highest BCUT2D eigenvalue weighted by molar-refractivity contribution is 7.18. The van der Waals surface area contributed by atoms with Gasteiger partial charge in [-0.15, -0.1) is 21.5 Å². The van der Waals surface area contributed by atoms with Crippen molar-refractivity contribution in [2.75, 3.05) is 32.0 Å². The molecule has 0 aromatic carbocycles. The molecule has 0 amide bonds. The lowest BCUT2D eigenvalue weighted by Gasteiger charge is -2.12. The smallest absolute Gasteiger partial charge is 0.205 e. The Bertz CT molecular complexity index is 530. The van der Waals surface area contributed by atoms with Gasteiger partial charge in [-0.1, -0.05) is 11.3 Å². The van der Waals surface area contributed by atoms with Crippen molar-refractivity contribution in [2.45, 2.75) is 19.3 Å². The van der Waals surface area contributed by atoms with E-state index in [2.05, 4.69) is 30.8 Å². The van der Waals surface area contributed by atoms with Crippen molar-refractivity contribution in [3.05, 3.63) is 10.4 Å². The van der Waals surface area contributed by atoms with Crippen LogP contribution in [0.15, 0.2) is 5.38 Å². The summed E-state index contributed by atoms with van der Waals surface area (Å²) < 4.78 is 0. The summed E-state index contributed by atoms with van der Waals surface area (Å²) in [6, 6.07) is 0. The maximum absolute atomic E-state index is 4.66. The van der Waals surface area contributed by atoms with Crippen LogP contribution < -0.4 is 5.32 Å². The highest BCUT2D eigenvalue weighted by Crippen LogP contribution is 2.27. The molecule has 1 N–H and O–H groups in total. The summed E-state index contributed by atoms with van der Waals surface area (Å²) in [7, 11) is 1.85. The predicted octanol–water partition coefficient (Wildman–Crippen LogP) is 2.34. The fraction of sp³-hybridized carbons (Fsp3) is 0.583. The fourth-order valence-electron chi connectivity index (χ4n) is 2.21. The topological polar surface area (TPSA) is 53.9 Å². The number of likely N-dealkylation sites (tertiary alicyclic amines) is 1. The summed E-state index contributed by atoms with van der Waals surface area (Å²) in [5.74, 6) is 0. The molecule has 7 heteroatoms. The van der Waals surface area contributed by atoms with Crippen molar-refractivity contribution < 1.29 is 0 Å². The van der Waals surface area contributed by atoms with Crippen LogP contribution in [0.3, 0.4) is 0 Å². The van der Waals surface area contributed by atoms with E-state index >= 15 is 0 Å². The highest BCUT2D eigenvalue weighted by atomic mass is 32.1. The number of nitrogens with one attached hydrogen (secondary N) is 1. The fourth-order valence-corrected chi connectivity index (χ4v) is 3.72. The molecule has 19 heavy (non-hydrogen) atoms. The molecule has 0 saturated carbocycles. The molecule has 1 fully saturated rings. The van der Waals surface area contributed by atoms with Crippen molar-refractivity contribution in [1.82, 2.24) is 20.1 Å². The van der Waals surface area contributed by atoms with E-state index in [1.807, 2.05) is 7.05 Å². The zero-order valence-corrected chi connectivity index (χ0v) is 12.6. The van der Waals surface area contributed by atoms with Gasteiger partial charge in [-0.2, -0.15) is 0 Å². The minimum Gasteiger partial charge on any atom is -0.363 e. The van der Waals surface area contributed by atoms with Crippen LogP contribution in [-0.4, -0.2) is 46.8 Å². The molecule has 0 unspecified atom stereocenters. The summed E-state index contributed by atoms with van der Waals surface area (Å²) in [4.78, 5) is 7.18. The summed E-state index contributed by atoms with van der Waals surface area (Å²) in [6.07, 6.45) is 3.74. The first-order chi connectivity index (χ1) is 9.35. The van der Waals surface area contributed by atoms with Gasteiger partial charge >= 0.3 is 0 Å². The number of hydrogen-bond donors (Lipinski definition) is 1. The molecule has 1 aliphatic heterocycles. The third-order valence-electron chi connectivity index (χ3n) is 3.25. The van der Waals surface area contributed by atoms with Gasteiger partial charge in [-0.05, 0) is 25.9 Å². The van der Waals surface area contributed by atoms with E-state index in [9.17, 15) is 0 Å². The molecular weight excluding hydrogens is 278 g/mol. The van der Waals surface area contributed by atoms with Gasteiger partial charge in [0, 0.05) is 25.4 Å². The van der Waals surface area contributed by atoms with Crippen LogP contribution in [0.5, 0.6) is 0 Å². The molecule has 0 aliphatic carbocycles. The predicted molar refractivity (Wildman–Crippen MR) is 79.9 cm³/mol. The number of nitrogens with zero attached hydrogens (tertiary/aromatic N) is 4. The van der Waals surface area contributed by atoms with Crippen LogP contribution in [-0.2, 0) is 6.42 Å². The van der Waals surface area contributed by atoms with Gasteiger partial charge in [0.25, 0.3) is 0 Å². The molecule has 2 aromatic rings. The molecule has 0 radical (unpaired) electrons. The average molecular weight is 295 g/mol. The number of anilines is 1. The molecule has 0 spiro atoms. The van der Waals surface area contributed by atoms with E-state index in [0.717, 1.165) is 28.8 Å². The van der Waals surface area contributed by atoms with E-state index in [0.29, 0.717) is 0 Å². The normalized spacial score (nSPS) is 16.1. The molecule has 3 heterocycles. The van der Waals surface area contributed by atoms with E-state index in [-0.39, 0.29) is 0 Å². The Labute approximate surface area is 120 Å². The monoisotopic (exact) mass is 295 g/mol. The Kier molecular flexibility index (Phi) is 4.05. The molecule has 0 atom stereocenters. The molecule has 3 rings (SSSR count). The van der Waals surface area contributed by atoms with Gasteiger partial charge in [-0.25, -0.2) is 4.98 Å². The Morgan fingerprint density at radius 2 is 2.16 bits per heavy atom. The lowest BCUT2D eigenvalue weighted by molar-refractivity contribution is 0.343. The molecule has 1 saturated heterocycles. The molecule has 1 aliphatic rings. The second kappa shape index (κ2) is 5.94. The second-order valence-corrected chi connectivity index (χ2v) is 6.51. The second-order valence-electron chi connectivity index (χ2n) is 4.59. The first kappa shape index (κ1) is 13.0. The van der Waals surface area contributed by atoms with Gasteiger partial charge in [0.15, 0.2) is 5.01 Å². The van der Waals surface area contributed by atoms with Crippen molar-refractivity contribution in [2.24, 2.45) is 0 Å². The first-order valence-electron chi connectivity index (χ1n) is 6.53. The van der Waals surface area contributed by atoms with Crippen LogP contribution >= 0.6 is 22.7 Å². The highest BCUT2D eigenvalue weighted by Gasteiger charge is 2.13. The third kappa shape index (κ3) is 3.10. The minimum absolute atomic E-state index is 0.835. The quantitative estimate of drug-likeness (QED) is 0.917. The van der Waals surface area contributed by atoms with Gasteiger partial charge in [0.1, 0.15) is 5.69 Å². The van der Waals surface area contributed by atoms with E-state index in [1.165, 1.54) is 30.9 Å². The Balaban J connectivity index is 1.62. The summed E-state index contributed by atoms with van der Waals surface area (Å²) >= 11 is 3.27. The SMILES string of the molecule is CNc1nnc(-c2csc(CCN3CCCC3)n2)s1. The number of hydrogen-bond acceptors (Lipinski definition) is 7. The van der Waals surface area contributed by atoms with Gasteiger partial charge in [0.2, 0.25) is 5.13 Å². The standard InChI is InChI=1S/C12H17N5S2/c1-13-12-16-15-11(19-12)9-8-18-10(14-9)4-7-17-5-2-3-6-17/h8H,2-7H2,1H3,(H,13,16). The van der Waals surface area contributed by atoms with Crippen LogP contribution in [0.4, 0.5) is 5.13 Å². The van der Waals surface area contributed by atoms with E-state index in [4.69, 9.17) is 0 Å². The molecule has 5 nitrogen and oxygen atoms in total. The van der Waals surface area contributed by atoms with Crippen LogP contribution in [0.1, 0.15) is 17.8 Å². The van der Waals surface area contributed by atoms with Crippen LogP contribution in [0, 0.1) is 0 Å². The maximum Gasteiger partial charge on any atom is 0.205 e. The lowest BCUT2D eigenvalue weighted by atomic mass is 10.4. The number of aromatic nitrogens is 3. The molecule has 0 bridgehead atoms. The van der Waals surface area contributed by atoms with Crippen molar-refractivity contribution in [3.8, 4) is 10.7 Å². The number of rotatable bonds is 5. The molecule has 2 aromatic heterocycles. The Morgan fingerprint density at radius 3 is 2.89 bits per heavy atom. The third-order valence-corrected chi connectivity index (χ3v) is 5.12. The van der Waals surface area contributed by atoms with Crippen molar-refractivity contribution >= 4 is 27.8 Å². The van der Waals surface area contributed by atoms with Crippen molar-refractivity contribution in [1.29, 1.82) is 0 Å². The lowest BCUT2D eigenvalue weighted by Crippen LogP contribution is -2.21. The Morgan fingerprint density at radius 1 is 1.32 bits per heavy atom. The first-order valence-corrected chi connectivity index (χ1v) is 8.23. The maximum atomic E-state index is 4.66. The summed E-state index contributed by atoms with van der Waals surface area (Å²) in [6.45, 7) is 3.63. The minimum atomic E-state index is 0.835. The van der Waals surface area contributed by atoms with E-state index in [1.54, 1.807) is 22.7 Å². The molecular formula is C12H17N5S2.